The van der Waals surface area contributed by atoms with Gasteiger partial charge in [0.25, 0.3) is 11.5 Å². The number of nitrogens with zero attached hydrogens (tertiary/aromatic N) is 3. The normalized spacial score (nSPS) is 10.7. The van der Waals surface area contributed by atoms with Crippen molar-refractivity contribution in [2.45, 2.75) is 33.4 Å². The van der Waals surface area contributed by atoms with Gasteiger partial charge < -0.3 is 5.73 Å². The SMILES string of the molecule is CCCN(C(=O)C[n+]1cccc(C)c1)c1c(N)n(Cc2ccccc2)c(=O)[nH]c1=O. The lowest BCUT2D eigenvalue weighted by molar-refractivity contribution is -0.684. The van der Waals surface area contributed by atoms with E-state index >= 15 is 0 Å². The molecule has 2 heterocycles. The van der Waals surface area contributed by atoms with Crippen molar-refractivity contribution in [1.29, 1.82) is 0 Å². The summed E-state index contributed by atoms with van der Waals surface area (Å²) >= 11 is 0. The van der Waals surface area contributed by atoms with E-state index in [0.29, 0.717) is 13.0 Å². The lowest BCUT2D eigenvalue weighted by atomic mass is 10.2. The molecule has 0 radical (unpaired) electrons. The molecular weight excluding hydrogens is 382 g/mol. The molecule has 0 saturated carbocycles. The second-order valence-corrected chi connectivity index (χ2v) is 7.16. The maximum absolute atomic E-state index is 13.1. The van der Waals surface area contributed by atoms with E-state index in [1.165, 1.54) is 9.47 Å². The van der Waals surface area contributed by atoms with E-state index in [2.05, 4.69) is 4.98 Å². The highest BCUT2D eigenvalue weighted by molar-refractivity contribution is 5.94. The molecule has 1 aromatic carbocycles. The molecule has 3 aromatic rings. The fourth-order valence-electron chi connectivity index (χ4n) is 3.34. The molecule has 1 amide bonds. The fourth-order valence-corrected chi connectivity index (χ4v) is 3.34. The van der Waals surface area contributed by atoms with E-state index in [-0.39, 0.29) is 30.5 Å². The number of hydrogen-bond acceptors (Lipinski definition) is 4. The van der Waals surface area contributed by atoms with Gasteiger partial charge in [-0.1, -0.05) is 37.3 Å². The van der Waals surface area contributed by atoms with Gasteiger partial charge >= 0.3 is 5.69 Å². The third-order valence-electron chi connectivity index (χ3n) is 4.74. The monoisotopic (exact) mass is 408 g/mol. The Morgan fingerprint density at radius 3 is 2.57 bits per heavy atom. The van der Waals surface area contributed by atoms with Gasteiger partial charge in [-0.3, -0.25) is 24.0 Å². The number of nitrogens with one attached hydrogen (secondary N) is 1. The van der Waals surface area contributed by atoms with Crippen LogP contribution >= 0.6 is 0 Å². The number of aryl methyl sites for hydroxylation is 1. The van der Waals surface area contributed by atoms with Gasteiger partial charge in [0.2, 0.25) is 6.54 Å². The van der Waals surface area contributed by atoms with Crippen LogP contribution in [-0.4, -0.2) is 22.0 Å². The fraction of sp³-hybridized carbons (Fsp3) is 0.273. The van der Waals surface area contributed by atoms with Crippen molar-refractivity contribution in [1.82, 2.24) is 9.55 Å². The van der Waals surface area contributed by atoms with E-state index in [0.717, 1.165) is 11.1 Å². The van der Waals surface area contributed by atoms with Crippen molar-refractivity contribution in [3.63, 3.8) is 0 Å². The molecule has 8 heteroatoms. The van der Waals surface area contributed by atoms with Crippen LogP contribution in [0.4, 0.5) is 11.5 Å². The van der Waals surface area contributed by atoms with E-state index in [1.54, 1.807) is 10.8 Å². The van der Waals surface area contributed by atoms with Crippen LogP contribution in [0, 0.1) is 6.92 Å². The van der Waals surface area contributed by atoms with Gasteiger partial charge in [-0.2, -0.15) is 4.57 Å². The summed E-state index contributed by atoms with van der Waals surface area (Å²) in [6, 6.07) is 13.1. The third kappa shape index (κ3) is 4.65. The quantitative estimate of drug-likeness (QED) is 0.573. The number of pyridine rings is 1. The van der Waals surface area contributed by atoms with E-state index in [1.807, 2.05) is 62.5 Å². The summed E-state index contributed by atoms with van der Waals surface area (Å²) in [7, 11) is 0. The Hall–Kier alpha value is -3.68. The largest absolute Gasteiger partial charge is 0.383 e. The van der Waals surface area contributed by atoms with Gasteiger partial charge in [0, 0.05) is 18.2 Å². The predicted octanol–water partition coefficient (Wildman–Crippen LogP) is 1.21. The molecule has 0 aliphatic heterocycles. The van der Waals surface area contributed by atoms with Crippen LogP contribution in [0.5, 0.6) is 0 Å². The van der Waals surface area contributed by atoms with Crippen molar-refractivity contribution < 1.29 is 9.36 Å². The first kappa shape index (κ1) is 21.0. The number of nitrogens with two attached hydrogens (primary N) is 1. The Labute approximate surface area is 174 Å². The standard InChI is InChI=1S/C22H25N5O3/c1-3-11-26(18(28)15-25-12-7-8-16(2)13-25)19-20(23)27(22(30)24-21(19)29)14-17-9-5-4-6-10-17/h4-10,12-13H,3,11,14-15H2,1-2H3,(H2-,23,24,29,30)/p+1. The zero-order valence-corrected chi connectivity index (χ0v) is 17.2. The van der Waals surface area contributed by atoms with Crippen LogP contribution in [0.1, 0.15) is 24.5 Å². The zero-order valence-electron chi connectivity index (χ0n) is 17.2. The van der Waals surface area contributed by atoms with Crippen LogP contribution in [0.3, 0.4) is 0 Å². The van der Waals surface area contributed by atoms with E-state index in [9.17, 15) is 14.4 Å². The van der Waals surface area contributed by atoms with Gasteiger partial charge in [-0.05, 0) is 25.0 Å². The molecule has 8 nitrogen and oxygen atoms in total. The molecule has 0 bridgehead atoms. The summed E-state index contributed by atoms with van der Waals surface area (Å²) in [5.74, 6) is -0.307. The number of aromatic amines is 1. The Kier molecular flexibility index (Phi) is 6.46. The molecular formula is C22H26N5O3+. The molecule has 2 aromatic heterocycles. The summed E-state index contributed by atoms with van der Waals surface area (Å²) in [6.07, 6.45) is 4.27. The molecule has 0 fully saturated rings. The predicted molar refractivity (Wildman–Crippen MR) is 115 cm³/mol. The maximum atomic E-state index is 13.1. The highest BCUT2D eigenvalue weighted by Gasteiger charge is 2.26. The number of aromatic nitrogens is 3. The average Bonchev–Trinajstić information content (AvgIpc) is 2.71. The molecule has 0 aliphatic rings. The number of nitrogen functional groups attached to an aromatic ring is 1. The topological polar surface area (TPSA) is 105 Å². The first-order valence-corrected chi connectivity index (χ1v) is 9.83. The number of benzene rings is 1. The summed E-state index contributed by atoms with van der Waals surface area (Å²) in [5, 5.41) is 0. The number of rotatable bonds is 7. The first-order valence-electron chi connectivity index (χ1n) is 9.83. The Bertz CT molecular complexity index is 1150. The molecule has 0 saturated heterocycles. The summed E-state index contributed by atoms with van der Waals surface area (Å²) in [5.41, 5.74) is 6.86. The number of carbonyl (C=O) groups excluding carboxylic acids is 1. The second kappa shape index (κ2) is 9.21. The lowest BCUT2D eigenvalue weighted by Crippen LogP contribution is -2.48. The molecule has 3 rings (SSSR count). The smallest absolute Gasteiger partial charge is 0.330 e. The van der Waals surface area contributed by atoms with Gasteiger partial charge in [0.1, 0.15) is 5.82 Å². The van der Waals surface area contributed by atoms with Gasteiger partial charge in [0.05, 0.1) is 6.54 Å². The molecule has 0 aliphatic carbocycles. The molecule has 0 atom stereocenters. The number of H-pyrrole nitrogens is 1. The maximum Gasteiger partial charge on any atom is 0.330 e. The first-order chi connectivity index (χ1) is 14.4. The highest BCUT2D eigenvalue weighted by Crippen LogP contribution is 2.18. The van der Waals surface area contributed by atoms with Crippen molar-refractivity contribution in [3.8, 4) is 0 Å². The minimum Gasteiger partial charge on any atom is -0.383 e. The summed E-state index contributed by atoms with van der Waals surface area (Å²) in [6.45, 7) is 4.40. The summed E-state index contributed by atoms with van der Waals surface area (Å²) in [4.78, 5) is 41.8. The van der Waals surface area contributed by atoms with Gasteiger partial charge in [-0.15, -0.1) is 0 Å². The summed E-state index contributed by atoms with van der Waals surface area (Å²) < 4.78 is 3.03. The molecule has 0 spiro atoms. The lowest BCUT2D eigenvalue weighted by Gasteiger charge is -2.23. The average molecular weight is 408 g/mol. The van der Waals surface area contributed by atoms with E-state index in [4.69, 9.17) is 5.73 Å². The molecule has 30 heavy (non-hydrogen) atoms. The number of anilines is 2. The van der Waals surface area contributed by atoms with Crippen molar-refractivity contribution >= 4 is 17.4 Å². The minimum atomic E-state index is -0.669. The Balaban J connectivity index is 2.01. The highest BCUT2D eigenvalue weighted by atomic mass is 16.2. The van der Waals surface area contributed by atoms with Crippen LogP contribution < -0.4 is 26.4 Å². The van der Waals surface area contributed by atoms with Crippen LogP contribution in [0.2, 0.25) is 0 Å². The van der Waals surface area contributed by atoms with Crippen LogP contribution in [-0.2, 0) is 17.9 Å². The van der Waals surface area contributed by atoms with Crippen LogP contribution in [0.15, 0.2) is 64.4 Å². The van der Waals surface area contributed by atoms with Gasteiger partial charge in [0.15, 0.2) is 18.1 Å². The number of carbonyl (C=O) groups is 1. The van der Waals surface area contributed by atoms with Gasteiger partial charge in [-0.25, -0.2) is 4.79 Å². The van der Waals surface area contributed by atoms with Crippen molar-refractivity contribution in [2.24, 2.45) is 0 Å². The minimum absolute atomic E-state index is 0.00522. The molecule has 156 valence electrons. The van der Waals surface area contributed by atoms with Crippen LogP contribution in [0.25, 0.3) is 0 Å². The number of amides is 1. The Morgan fingerprint density at radius 1 is 1.17 bits per heavy atom. The van der Waals surface area contributed by atoms with Crippen molar-refractivity contribution in [2.75, 3.05) is 17.2 Å². The molecule has 0 unspecified atom stereocenters. The van der Waals surface area contributed by atoms with E-state index < -0.39 is 11.2 Å². The van der Waals surface area contributed by atoms with Crippen molar-refractivity contribution in [3.05, 3.63) is 86.8 Å². The molecule has 3 N–H and O–H groups in total. The second-order valence-electron chi connectivity index (χ2n) is 7.16. The zero-order chi connectivity index (χ0) is 21.7. The third-order valence-corrected chi connectivity index (χ3v) is 4.74. The Morgan fingerprint density at radius 2 is 1.90 bits per heavy atom. The number of hydrogen-bond donors (Lipinski definition) is 2.